The summed E-state index contributed by atoms with van der Waals surface area (Å²) in [6, 6.07) is 4.17. The summed E-state index contributed by atoms with van der Waals surface area (Å²) in [5, 5.41) is 7.64. The molecule has 0 radical (unpaired) electrons. The molecule has 0 fully saturated rings. The number of hydrogen-bond acceptors (Lipinski definition) is 3. The lowest BCUT2D eigenvalue weighted by Crippen LogP contribution is -2.22. The summed E-state index contributed by atoms with van der Waals surface area (Å²) in [7, 11) is 1.91. The molecule has 5 heteroatoms. The third-order valence-corrected chi connectivity index (χ3v) is 3.28. The Bertz CT molecular complexity index is 476. The van der Waals surface area contributed by atoms with Crippen LogP contribution in [0.5, 0.6) is 0 Å². The van der Waals surface area contributed by atoms with Crippen molar-refractivity contribution in [1.29, 1.82) is 0 Å². The van der Waals surface area contributed by atoms with Gasteiger partial charge in [-0.25, -0.2) is 0 Å². The average molecular weight is 298 g/mol. The monoisotopic (exact) mass is 297 g/mol. The molecule has 2 heterocycles. The Morgan fingerprint density at radius 1 is 1.47 bits per heavy atom. The maximum Gasteiger partial charge on any atom is 0.126 e. The van der Waals surface area contributed by atoms with E-state index in [0.717, 1.165) is 15.9 Å². The Morgan fingerprint density at radius 3 is 2.76 bits per heavy atom. The van der Waals surface area contributed by atoms with E-state index in [9.17, 15) is 0 Å². The van der Waals surface area contributed by atoms with Crippen molar-refractivity contribution in [1.82, 2.24) is 15.1 Å². The molecular weight excluding hydrogens is 282 g/mol. The van der Waals surface area contributed by atoms with E-state index >= 15 is 0 Å². The molecule has 4 nitrogen and oxygen atoms in total. The minimum atomic E-state index is 0.00396. The Labute approximate surface area is 109 Å². The molecule has 1 unspecified atom stereocenters. The number of nitrogens with zero attached hydrogens (tertiary/aromatic N) is 2. The van der Waals surface area contributed by atoms with Gasteiger partial charge < -0.3 is 9.73 Å². The molecule has 1 N–H and O–H groups in total. The molecule has 0 amide bonds. The van der Waals surface area contributed by atoms with Crippen molar-refractivity contribution < 1.29 is 4.42 Å². The van der Waals surface area contributed by atoms with Crippen LogP contribution >= 0.6 is 15.9 Å². The van der Waals surface area contributed by atoms with E-state index in [0.29, 0.717) is 6.04 Å². The summed E-state index contributed by atoms with van der Waals surface area (Å²) in [4.78, 5) is 0. The maximum absolute atomic E-state index is 5.48. The zero-order chi connectivity index (χ0) is 12.4. The summed E-state index contributed by atoms with van der Waals surface area (Å²) in [5.74, 6) is 0.885. The van der Waals surface area contributed by atoms with Gasteiger partial charge in [-0.05, 0) is 49.0 Å². The Kier molecular flexibility index (Phi) is 3.69. The molecule has 17 heavy (non-hydrogen) atoms. The first-order chi connectivity index (χ1) is 8.15. The quantitative estimate of drug-likeness (QED) is 0.943. The van der Waals surface area contributed by atoms with Crippen LogP contribution in [0.15, 0.2) is 33.5 Å². The van der Waals surface area contributed by atoms with Crippen LogP contribution in [0.4, 0.5) is 0 Å². The number of halogens is 1. The lowest BCUT2D eigenvalue weighted by Gasteiger charge is -2.18. The zero-order valence-corrected chi connectivity index (χ0v) is 11.7. The predicted octanol–water partition coefficient (Wildman–Crippen LogP) is 3.13. The zero-order valence-electron chi connectivity index (χ0n) is 10.1. The van der Waals surface area contributed by atoms with Gasteiger partial charge in [-0.2, -0.15) is 5.10 Å². The smallest absolute Gasteiger partial charge is 0.126 e. The van der Waals surface area contributed by atoms with Crippen molar-refractivity contribution >= 4 is 15.9 Å². The third kappa shape index (κ3) is 2.30. The highest BCUT2D eigenvalue weighted by molar-refractivity contribution is 9.10. The predicted molar refractivity (Wildman–Crippen MR) is 69.9 cm³/mol. The Morgan fingerprint density at radius 2 is 2.24 bits per heavy atom. The molecule has 0 saturated heterocycles. The molecule has 0 aliphatic carbocycles. The second-order valence-corrected chi connectivity index (χ2v) is 5.01. The minimum absolute atomic E-state index is 0.00396. The van der Waals surface area contributed by atoms with Crippen molar-refractivity contribution in [3.63, 3.8) is 0 Å². The van der Waals surface area contributed by atoms with E-state index in [2.05, 4.69) is 40.2 Å². The van der Waals surface area contributed by atoms with E-state index in [1.54, 1.807) is 6.26 Å². The van der Waals surface area contributed by atoms with E-state index in [1.807, 2.05) is 30.1 Å². The van der Waals surface area contributed by atoms with Gasteiger partial charge in [0.25, 0.3) is 0 Å². The Balaban J connectivity index is 2.47. The third-order valence-electron chi connectivity index (χ3n) is 2.67. The van der Waals surface area contributed by atoms with Crippen LogP contribution in [0, 0.1) is 0 Å². The molecule has 0 aliphatic rings. The van der Waals surface area contributed by atoms with Crippen LogP contribution in [0.25, 0.3) is 0 Å². The fraction of sp³-hybridized carbons (Fsp3) is 0.417. The van der Waals surface area contributed by atoms with Gasteiger partial charge in [-0.1, -0.05) is 0 Å². The molecule has 2 aromatic heterocycles. The summed E-state index contributed by atoms with van der Waals surface area (Å²) in [6.45, 7) is 4.22. The van der Waals surface area contributed by atoms with Crippen molar-refractivity contribution in [2.45, 2.75) is 25.9 Å². The van der Waals surface area contributed by atoms with Crippen LogP contribution < -0.4 is 5.32 Å². The summed E-state index contributed by atoms with van der Waals surface area (Å²) < 4.78 is 8.46. The van der Waals surface area contributed by atoms with Crippen LogP contribution in [-0.4, -0.2) is 16.8 Å². The van der Waals surface area contributed by atoms with Gasteiger partial charge in [0.15, 0.2) is 0 Å². The van der Waals surface area contributed by atoms with Gasteiger partial charge in [0.05, 0.1) is 22.6 Å². The fourth-order valence-electron chi connectivity index (χ4n) is 1.90. The average Bonchev–Trinajstić information content (AvgIpc) is 2.91. The number of hydrogen-bond donors (Lipinski definition) is 1. The fourth-order valence-corrected chi connectivity index (χ4v) is 2.40. The molecule has 0 aliphatic heterocycles. The van der Waals surface area contributed by atoms with E-state index in [-0.39, 0.29) is 6.04 Å². The highest BCUT2D eigenvalue weighted by atomic mass is 79.9. The molecule has 0 bridgehead atoms. The highest BCUT2D eigenvalue weighted by Crippen LogP contribution is 2.30. The molecule has 92 valence electrons. The summed E-state index contributed by atoms with van der Waals surface area (Å²) in [5.41, 5.74) is 1.08. The molecule has 1 atom stereocenters. The van der Waals surface area contributed by atoms with Gasteiger partial charge >= 0.3 is 0 Å². The lowest BCUT2D eigenvalue weighted by molar-refractivity contribution is 0.425. The van der Waals surface area contributed by atoms with E-state index in [4.69, 9.17) is 4.42 Å². The topological polar surface area (TPSA) is 43.0 Å². The second kappa shape index (κ2) is 5.06. The first-order valence-electron chi connectivity index (χ1n) is 5.58. The van der Waals surface area contributed by atoms with Crippen molar-refractivity contribution in [2.24, 2.45) is 0 Å². The van der Waals surface area contributed by atoms with Crippen LogP contribution in [0.1, 0.15) is 37.4 Å². The normalized spacial score (nSPS) is 13.2. The van der Waals surface area contributed by atoms with Crippen LogP contribution in [0.2, 0.25) is 0 Å². The van der Waals surface area contributed by atoms with Gasteiger partial charge in [0.2, 0.25) is 0 Å². The van der Waals surface area contributed by atoms with E-state index in [1.165, 1.54) is 0 Å². The van der Waals surface area contributed by atoms with Crippen molar-refractivity contribution in [2.75, 3.05) is 7.05 Å². The lowest BCUT2D eigenvalue weighted by atomic mass is 10.1. The van der Waals surface area contributed by atoms with Crippen molar-refractivity contribution in [3.8, 4) is 0 Å². The molecule has 0 saturated carbocycles. The van der Waals surface area contributed by atoms with Gasteiger partial charge in [0.1, 0.15) is 11.8 Å². The molecule has 2 aromatic rings. The number of rotatable bonds is 4. The molecular formula is C12H16BrN3O. The van der Waals surface area contributed by atoms with Gasteiger partial charge in [-0.3, -0.25) is 4.68 Å². The SMILES string of the molecule is CNC(c1ccco1)c1c(Br)cnn1C(C)C. The highest BCUT2D eigenvalue weighted by Gasteiger charge is 2.23. The van der Waals surface area contributed by atoms with E-state index < -0.39 is 0 Å². The van der Waals surface area contributed by atoms with Crippen LogP contribution in [-0.2, 0) is 0 Å². The summed E-state index contributed by atoms with van der Waals surface area (Å²) in [6.07, 6.45) is 3.51. The van der Waals surface area contributed by atoms with Gasteiger partial charge in [-0.15, -0.1) is 0 Å². The molecule has 0 spiro atoms. The minimum Gasteiger partial charge on any atom is -0.467 e. The largest absolute Gasteiger partial charge is 0.467 e. The van der Waals surface area contributed by atoms with Gasteiger partial charge in [0, 0.05) is 6.04 Å². The standard InChI is InChI=1S/C12H16BrN3O/c1-8(2)16-12(9(13)7-15-16)11(14-3)10-5-4-6-17-10/h4-8,11,14H,1-3H3. The first kappa shape index (κ1) is 12.4. The molecule has 0 aromatic carbocycles. The number of aromatic nitrogens is 2. The number of furan rings is 1. The second-order valence-electron chi connectivity index (χ2n) is 4.15. The molecule has 2 rings (SSSR count). The Hall–Kier alpha value is -1.07. The maximum atomic E-state index is 5.48. The van der Waals surface area contributed by atoms with Crippen LogP contribution in [0.3, 0.4) is 0 Å². The first-order valence-corrected chi connectivity index (χ1v) is 6.38. The summed E-state index contributed by atoms with van der Waals surface area (Å²) >= 11 is 3.55. The van der Waals surface area contributed by atoms with Crippen molar-refractivity contribution in [3.05, 3.63) is 40.5 Å². The number of nitrogens with one attached hydrogen (secondary N) is 1.